The third-order valence-corrected chi connectivity index (χ3v) is 3.43. The van der Waals surface area contributed by atoms with Gasteiger partial charge in [0.25, 0.3) is 0 Å². The maximum atomic E-state index is 12.0. The SMILES string of the molecule is N#C/C(=C/c1ccccc1)C(=O)OCC(=O)c1cccc(Br)c1. The number of hydrogen-bond acceptors (Lipinski definition) is 4. The number of esters is 1. The van der Waals surface area contributed by atoms with Gasteiger partial charge in [0, 0.05) is 10.0 Å². The molecule has 5 heteroatoms. The minimum absolute atomic E-state index is 0.154. The van der Waals surface area contributed by atoms with Crippen molar-refractivity contribution in [1.82, 2.24) is 0 Å². The van der Waals surface area contributed by atoms with Crippen LogP contribution in [0.4, 0.5) is 0 Å². The summed E-state index contributed by atoms with van der Waals surface area (Å²) in [7, 11) is 0. The van der Waals surface area contributed by atoms with Crippen molar-refractivity contribution in [2.45, 2.75) is 0 Å². The van der Waals surface area contributed by atoms with Gasteiger partial charge in [-0.3, -0.25) is 4.79 Å². The van der Waals surface area contributed by atoms with Crippen molar-refractivity contribution < 1.29 is 14.3 Å². The number of nitriles is 1. The van der Waals surface area contributed by atoms with Crippen molar-refractivity contribution in [2.24, 2.45) is 0 Å². The summed E-state index contributed by atoms with van der Waals surface area (Å²) in [6.45, 7) is -0.414. The molecule has 2 rings (SSSR count). The van der Waals surface area contributed by atoms with E-state index in [4.69, 9.17) is 10.00 Å². The molecule has 0 aliphatic rings. The Hall–Kier alpha value is -2.71. The molecule has 0 atom stereocenters. The average Bonchev–Trinajstić information content (AvgIpc) is 2.58. The lowest BCUT2D eigenvalue weighted by atomic mass is 10.1. The van der Waals surface area contributed by atoms with Crippen molar-refractivity contribution >= 4 is 33.8 Å². The van der Waals surface area contributed by atoms with E-state index < -0.39 is 12.6 Å². The lowest BCUT2D eigenvalue weighted by Gasteiger charge is -2.04. The van der Waals surface area contributed by atoms with E-state index in [1.54, 1.807) is 54.6 Å². The van der Waals surface area contributed by atoms with Crippen LogP contribution in [0.3, 0.4) is 0 Å². The van der Waals surface area contributed by atoms with E-state index in [2.05, 4.69) is 15.9 Å². The highest BCUT2D eigenvalue weighted by atomic mass is 79.9. The van der Waals surface area contributed by atoms with Gasteiger partial charge in [-0.15, -0.1) is 0 Å². The van der Waals surface area contributed by atoms with E-state index in [0.717, 1.165) is 4.47 Å². The Balaban J connectivity index is 2.02. The fourth-order valence-electron chi connectivity index (χ4n) is 1.81. The predicted molar refractivity (Wildman–Crippen MR) is 89.5 cm³/mol. The first kappa shape index (κ1) is 16.7. The number of nitrogens with zero attached hydrogens (tertiary/aromatic N) is 1. The first-order chi connectivity index (χ1) is 11.1. The summed E-state index contributed by atoms with van der Waals surface area (Å²) in [4.78, 5) is 23.9. The number of benzene rings is 2. The van der Waals surface area contributed by atoms with Gasteiger partial charge in [-0.05, 0) is 23.8 Å². The van der Waals surface area contributed by atoms with Crippen LogP contribution in [0.1, 0.15) is 15.9 Å². The van der Waals surface area contributed by atoms with Crippen LogP contribution >= 0.6 is 15.9 Å². The van der Waals surface area contributed by atoms with Crippen molar-refractivity contribution in [3.63, 3.8) is 0 Å². The Labute approximate surface area is 142 Å². The molecule has 0 radical (unpaired) electrons. The zero-order chi connectivity index (χ0) is 16.7. The number of ketones is 1. The second-order valence-corrected chi connectivity index (χ2v) is 5.51. The van der Waals surface area contributed by atoms with Crippen LogP contribution < -0.4 is 0 Å². The average molecular weight is 370 g/mol. The van der Waals surface area contributed by atoms with Crippen LogP contribution in [-0.2, 0) is 9.53 Å². The van der Waals surface area contributed by atoms with Crippen LogP contribution in [0.5, 0.6) is 0 Å². The van der Waals surface area contributed by atoms with Crippen LogP contribution in [0, 0.1) is 11.3 Å². The molecular formula is C18H12BrNO3. The fourth-order valence-corrected chi connectivity index (χ4v) is 2.21. The first-order valence-corrected chi connectivity index (χ1v) is 7.52. The Morgan fingerprint density at radius 2 is 1.87 bits per heavy atom. The summed E-state index contributed by atoms with van der Waals surface area (Å²) in [5.41, 5.74) is 0.982. The maximum Gasteiger partial charge on any atom is 0.349 e. The van der Waals surface area contributed by atoms with E-state index in [1.807, 2.05) is 6.07 Å². The van der Waals surface area contributed by atoms with Gasteiger partial charge in [-0.1, -0.05) is 58.4 Å². The molecule has 0 heterocycles. The quantitative estimate of drug-likeness (QED) is 0.348. The van der Waals surface area contributed by atoms with Gasteiger partial charge in [-0.25, -0.2) is 4.79 Å². The normalized spacial score (nSPS) is 10.7. The highest BCUT2D eigenvalue weighted by Gasteiger charge is 2.14. The summed E-state index contributed by atoms with van der Waals surface area (Å²) in [6, 6.07) is 17.5. The summed E-state index contributed by atoms with van der Waals surface area (Å²) in [5, 5.41) is 9.07. The highest BCUT2D eigenvalue weighted by Crippen LogP contribution is 2.13. The molecule has 2 aromatic rings. The summed E-state index contributed by atoms with van der Waals surface area (Å²) in [5.74, 6) is -1.16. The van der Waals surface area contributed by atoms with E-state index in [0.29, 0.717) is 11.1 Å². The van der Waals surface area contributed by atoms with Gasteiger partial charge in [0.2, 0.25) is 0 Å². The van der Waals surface area contributed by atoms with Crippen molar-refractivity contribution in [2.75, 3.05) is 6.61 Å². The number of ether oxygens (including phenoxy) is 1. The Morgan fingerprint density at radius 3 is 2.52 bits per heavy atom. The van der Waals surface area contributed by atoms with Gasteiger partial charge in [0.1, 0.15) is 11.6 Å². The Morgan fingerprint density at radius 1 is 1.13 bits per heavy atom. The topological polar surface area (TPSA) is 67.2 Å². The molecule has 2 aromatic carbocycles. The van der Waals surface area contributed by atoms with Crippen LogP contribution in [0.2, 0.25) is 0 Å². The molecule has 0 saturated heterocycles. The van der Waals surface area contributed by atoms with Crippen molar-refractivity contribution in [3.05, 3.63) is 75.8 Å². The molecule has 23 heavy (non-hydrogen) atoms. The second kappa shape index (κ2) is 8.06. The second-order valence-electron chi connectivity index (χ2n) is 4.59. The zero-order valence-corrected chi connectivity index (χ0v) is 13.6. The zero-order valence-electron chi connectivity index (χ0n) is 12.0. The monoisotopic (exact) mass is 369 g/mol. The molecule has 114 valence electrons. The minimum atomic E-state index is -0.820. The molecule has 0 spiro atoms. The highest BCUT2D eigenvalue weighted by molar-refractivity contribution is 9.10. The number of carbonyl (C=O) groups excluding carboxylic acids is 2. The molecule has 0 aliphatic carbocycles. The van der Waals surface area contributed by atoms with Gasteiger partial charge in [0.15, 0.2) is 12.4 Å². The Bertz CT molecular complexity index is 791. The van der Waals surface area contributed by atoms with Gasteiger partial charge in [0.05, 0.1) is 0 Å². The summed E-state index contributed by atoms with van der Waals surface area (Å²) < 4.78 is 5.69. The molecule has 0 bridgehead atoms. The van der Waals surface area contributed by atoms with Crippen molar-refractivity contribution in [1.29, 1.82) is 5.26 Å². The summed E-state index contributed by atoms with van der Waals surface area (Å²) >= 11 is 3.27. The molecule has 0 unspecified atom stereocenters. The van der Waals surface area contributed by atoms with Crippen LogP contribution in [0.25, 0.3) is 6.08 Å². The minimum Gasteiger partial charge on any atom is -0.453 e. The molecular weight excluding hydrogens is 358 g/mol. The first-order valence-electron chi connectivity index (χ1n) is 6.73. The predicted octanol–water partition coefficient (Wildman–Crippen LogP) is 3.78. The van der Waals surface area contributed by atoms with Gasteiger partial charge in [-0.2, -0.15) is 5.26 Å². The van der Waals surface area contributed by atoms with E-state index in [1.165, 1.54) is 6.08 Å². The van der Waals surface area contributed by atoms with Gasteiger partial charge < -0.3 is 4.74 Å². The van der Waals surface area contributed by atoms with E-state index in [-0.39, 0.29) is 11.4 Å². The van der Waals surface area contributed by atoms with E-state index in [9.17, 15) is 9.59 Å². The Kier molecular flexibility index (Phi) is 5.84. The number of hydrogen-bond donors (Lipinski definition) is 0. The third kappa shape index (κ3) is 4.90. The van der Waals surface area contributed by atoms with E-state index >= 15 is 0 Å². The smallest absolute Gasteiger partial charge is 0.349 e. The number of carbonyl (C=O) groups is 2. The third-order valence-electron chi connectivity index (χ3n) is 2.93. The maximum absolute atomic E-state index is 12.0. The van der Waals surface area contributed by atoms with Crippen LogP contribution in [0.15, 0.2) is 64.6 Å². The fraction of sp³-hybridized carbons (Fsp3) is 0.0556. The number of halogens is 1. The largest absolute Gasteiger partial charge is 0.453 e. The lowest BCUT2D eigenvalue weighted by Crippen LogP contribution is -2.15. The number of Topliss-reactive ketones (excluding diaryl/α,β-unsaturated/α-hetero) is 1. The van der Waals surface area contributed by atoms with Gasteiger partial charge >= 0.3 is 5.97 Å². The molecule has 0 aromatic heterocycles. The lowest BCUT2D eigenvalue weighted by molar-refractivity contribution is -0.137. The summed E-state index contributed by atoms with van der Waals surface area (Å²) in [6.07, 6.45) is 1.42. The standard InChI is InChI=1S/C18H12BrNO3/c19-16-8-4-7-14(10-16)17(21)12-23-18(22)15(11-20)9-13-5-2-1-3-6-13/h1-10H,12H2/b15-9-. The molecule has 0 N–H and O–H groups in total. The van der Waals surface area contributed by atoms with Crippen molar-refractivity contribution in [3.8, 4) is 6.07 Å². The molecule has 4 nitrogen and oxygen atoms in total. The molecule has 0 amide bonds. The number of rotatable bonds is 5. The van der Waals surface area contributed by atoms with Crippen LogP contribution in [-0.4, -0.2) is 18.4 Å². The molecule has 0 aliphatic heterocycles. The molecule has 0 fully saturated rings. The molecule has 0 saturated carbocycles.